The van der Waals surface area contributed by atoms with Crippen LogP contribution in [0.4, 0.5) is 0 Å². The Bertz CT molecular complexity index is 635. The Morgan fingerprint density at radius 1 is 1.36 bits per heavy atom. The quantitative estimate of drug-likeness (QED) is 0.828. The van der Waals surface area contributed by atoms with E-state index in [-0.39, 0.29) is 5.97 Å². The summed E-state index contributed by atoms with van der Waals surface area (Å²) < 4.78 is 7.20. The number of carbonyl (C=O) groups excluding carboxylic acids is 1. The van der Waals surface area contributed by atoms with Crippen molar-refractivity contribution < 1.29 is 9.53 Å². The Hall–Kier alpha value is -2.14. The highest BCUT2D eigenvalue weighted by atomic mass is 16.5. The number of pyridine rings is 1. The first-order chi connectivity index (χ1) is 10.5. The molecule has 0 aliphatic rings. The van der Waals surface area contributed by atoms with E-state index in [4.69, 9.17) is 10.5 Å². The van der Waals surface area contributed by atoms with Crippen molar-refractivity contribution in [2.45, 2.75) is 39.8 Å². The number of aromatic nitrogens is 2. The molecule has 2 N–H and O–H groups in total. The second-order valence-electron chi connectivity index (χ2n) is 5.40. The molecule has 1 unspecified atom stereocenters. The Kier molecular flexibility index (Phi) is 5.33. The van der Waals surface area contributed by atoms with E-state index in [0.29, 0.717) is 13.0 Å². The Balaban J connectivity index is 2.15. The highest BCUT2D eigenvalue weighted by Gasteiger charge is 2.18. The van der Waals surface area contributed by atoms with Crippen LogP contribution in [-0.2, 0) is 22.5 Å². The zero-order valence-corrected chi connectivity index (χ0v) is 13.4. The van der Waals surface area contributed by atoms with Gasteiger partial charge in [-0.25, -0.2) is 0 Å². The molecule has 0 aliphatic carbocycles. The van der Waals surface area contributed by atoms with Crippen LogP contribution in [0.15, 0.2) is 30.6 Å². The van der Waals surface area contributed by atoms with Crippen LogP contribution in [0, 0.1) is 13.8 Å². The van der Waals surface area contributed by atoms with Gasteiger partial charge in [0.2, 0.25) is 0 Å². The molecule has 1 atom stereocenters. The summed E-state index contributed by atoms with van der Waals surface area (Å²) in [6.45, 7) is 7.04. The number of ether oxygens (including phenoxy) is 1. The van der Waals surface area contributed by atoms with Gasteiger partial charge in [-0.15, -0.1) is 0 Å². The summed E-state index contributed by atoms with van der Waals surface area (Å²) >= 11 is 0. The predicted molar refractivity (Wildman–Crippen MR) is 85.6 cm³/mol. The van der Waals surface area contributed by atoms with Gasteiger partial charge in [0.15, 0.2) is 0 Å². The molecule has 0 bridgehead atoms. The fourth-order valence-corrected chi connectivity index (χ4v) is 2.56. The normalized spacial score (nSPS) is 12.2. The van der Waals surface area contributed by atoms with E-state index in [1.54, 1.807) is 19.3 Å². The van der Waals surface area contributed by atoms with Gasteiger partial charge in [-0.1, -0.05) is 0 Å². The van der Waals surface area contributed by atoms with E-state index in [2.05, 4.69) is 29.5 Å². The van der Waals surface area contributed by atoms with Crippen LogP contribution in [0.25, 0.3) is 0 Å². The lowest BCUT2D eigenvalue weighted by atomic mass is 10.1. The molecule has 0 saturated heterocycles. The molecule has 2 aromatic heterocycles. The molecule has 0 aromatic carbocycles. The molecule has 2 rings (SSSR count). The van der Waals surface area contributed by atoms with Crippen LogP contribution in [0.3, 0.4) is 0 Å². The molecule has 0 amide bonds. The van der Waals surface area contributed by atoms with Crippen LogP contribution in [0.1, 0.15) is 29.4 Å². The number of nitrogens with zero attached hydrogens (tertiary/aromatic N) is 2. The molecule has 118 valence electrons. The number of rotatable bonds is 6. The fourth-order valence-electron chi connectivity index (χ4n) is 2.56. The maximum Gasteiger partial charge on any atom is 0.323 e. The standard InChI is InChI=1S/C17H23N3O2/c1-4-22-17(21)16(18)10-15-9-12(2)20(13(15)3)11-14-5-7-19-8-6-14/h5-9,16H,4,10-11,18H2,1-3H3. The predicted octanol–water partition coefficient (Wildman–Crippen LogP) is 1.98. The van der Waals surface area contributed by atoms with Crippen LogP contribution >= 0.6 is 0 Å². The molecule has 22 heavy (non-hydrogen) atoms. The van der Waals surface area contributed by atoms with E-state index < -0.39 is 6.04 Å². The number of hydrogen-bond donors (Lipinski definition) is 1. The number of carbonyl (C=O) groups is 1. The Labute approximate surface area is 131 Å². The smallest absolute Gasteiger partial charge is 0.323 e. The molecule has 5 nitrogen and oxygen atoms in total. The van der Waals surface area contributed by atoms with E-state index in [1.165, 1.54) is 5.56 Å². The Morgan fingerprint density at radius 2 is 2.05 bits per heavy atom. The molecule has 0 saturated carbocycles. The first-order valence-corrected chi connectivity index (χ1v) is 7.49. The van der Waals surface area contributed by atoms with E-state index in [9.17, 15) is 4.79 Å². The largest absolute Gasteiger partial charge is 0.465 e. The average Bonchev–Trinajstić information content (AvgIpc) is 2.76. The zero-order chi connectivity index (χ0) is 16.1. The molecule has 5 heteroatoms. The Morgan fingerprint density at radius 3 is 2.68 bits per heavy atom. The molecule has 0 radical (unpaired) electrons. The van der Waals surface area contributed by atoms with Crippen molar-refractivity contribution in [3.63, 3.8) is 0 Å². The fraction of sp³-hybridized carbons (Fsp3) is 0.412. The van der Waals surface area contributed by atoms with Crippen molar-refractivity contribution in [3.8, 4) is 0 Å². The number of nitrogens with two attached hydrogens (primary N) is 1. The second kappa shape index (κ2) is 7.22. The van der Waals surface area contributed by atoms with Crippen molar-refractivity contribution in [1.29, 1.82) is 0 Å². The molecule has 2 heterocycles. The summed E-state index contributed by atoms with van der Waals surface area (Å²) in [5.41, 5.74) is 10.5. The molecule has 0 aliphatic heterocycles. The highest BCUT2D eigenvalue weighted by Crippen LogP contribution is 2.18. The van der Waals surface area contributed by atoms with Gasteiger partial charge in [0.05, 0.1) is 6.61 Å². The lowest BCUT2D eigenvalue weighted by Crippen LogP contribution is -2.34. The summed E-state index contributed by atoms with van der Waals surface area (Å²) in [6.07, 6.45) is 4.08. The van der Waals surface area contributed by atoms with Crippen molar-refractivity contribution in [2.75, 3.05) is 6.61 Å². The maximum absolute atomic E-state index is 11.7. The summed E-state index contributed by atoms with van der Waals surface area (Å²) in [7, 11) is 0. The van der Waals surface area contributed by atoms with Crippen molar-refractivity contribution in [2.24, 2.45) is 5.73 Å². The second-order valence-corrected chi connectivity index (χ2v) is 5.40. The minimum Gasteiger partial charge on any atom is -0.465 e. The van der Waals surface area contributed by atoms with Gasteiger partial charge in [0.25, 0.3) is 0 Å². The van der Waals surface area contributed by atoms with Crippen molar-refractivity contribution in [1.82, 2.24) is 9.55 Å². The third-order valence-corrected chi connectivity index (χ3v) is 3.80. The summed E-state index contributed by atoms with van der Waals surface area (Å²) in [6, 6.07) is 5.48. The minimum absolute atomic E-state index is 0.346. The summed E-state index contributed by atoms with van der Waals surface area (Å²) in [5, 5.41) is 0. The van der Waals surface area contributed by atoms with Gasteiger partial charge in [-0.05, 0) is 56.5 Å². The third kappa shape index (κ3) is 3.74. The first-order valence-electron chi connectivity index (χ1n) is 7.49. The van der Waals surface area contributed by atoms with Gasteiger partial charge < -0.3 is 15.0 Å². The highest BCUT2D eigenvalue weighted by molar-refractivity contribution is 5.75. The van der Waals surface area contributed by atoms with Gasteiger partial charge in [-0.2, -0.15) is 0 Å². The van der Waals surface area contributed by atoms with E-state index in [0.717, 1.165) is 23.5 Å². The van der Waals surface area contributed by atoms with Gasteiger partial charge >= 0.3 is 5.97 Å². The zero-order valence-electron chi connectivity index (χ0n) is 13.4. The van der Waals surface area contributed by atoms with Gasteiger partial charge in [-0.3, -0.25) is 9.78 Å². The van der Waals surface area contributed by atoms with Crippen LogP contribution in [0.5, 0.6) is 0 Å². The number of aryl methyl sites for hydroxylation is 1. The third-order valence-electron chi connectivity index (χ3n) is 3.80. The summed E-state index contributed by atoms with van der Waals surface area (Å²) in [4.78, 5) is 15.7. The maximum atomic E-state index is 11.7. The molecule has 0 spiro atoms. The van der Waals surface area contributed by atoms with E-state index >= 15 is 0 Å². The number of esters is 1. The van der Waals surface area contributed by atoms with Crippen molar-refractivity contribution in [3.05, 3.63) is 53.1 Å². The van der Waals surface area contributed by atoms with Gasteiger partial charge in [0, 0.05) is 30.3 Å². The lowest BCUT2D eigenvalue weighted by Gasteiger charge is -2.12. The minimum atomic E-state index is -0.616. The average molecular weight is 301 g/mol. The van der Waals surface area contributed by atoms with Crippen LogP contribution < -0.4 is 5.73 Å². The monoisotopic (exact) mass is 301 g/mol. The number of hydrogen-bond acceptors (Lipinski definition) is 4. The topological polar surface area (TPSA) is 70.1 Å². The lowest BCUT2D eigenvalue weighted by molar-refractivity contribution is -0.144. The van der Waals surface area contributed by atoms with Crippen LogP contribution in [-0.4, -0.2) is 28.2 Å². The molecular formula is C17H23N3O2. The molecule has 0 fully saturated rings. The van der Waals surface area contributed by atoms with Gasteiger partial charge in [0.1, 0.15) is 6.04 Å². The van der Waals surface area contributed by atoms with Crippen molar-refractivity contribution >= 4 is 5.97 Å². The summed E-state index contributed by atoms with van der Waals surface area (Å²) in [5.74, 6) is -0.346. The van der Waals surface area contributed by atoms with Crippen LogP contribution in [0.2, 0.25) is 0 Å². The molecule has 2 aromatic rings. The van der Waals surface area contributed by atoms with E-state index in [1.807, 2.05) is 12.1 Å². The first kappa shape index (κ1) is 16.2. The molecular weight excluding hydrogens is 278 g/mol. The SMILES string of the molecule is CCOC(=O)C(N)Cc1cc(C)n(Cc2ccncc2)c1C.